The molecule has 6 nitrogen and oxygen atoms in total. The summed E-state index contributed by atoms with van der Waals surface area (Å²) in [6.07, 6.45) is 7.49. The molecule has 0 spiro atoms. The molecule has 0 unspecified atom stereocenters. The number of hydrogen-bond acceptors (Lipinski definition) is 5. The van der Waals surface area contributed by atoms with Crippen LogP contribution in [0.2, 0.25) is 0 Å². The standard InChI is InChI=1S/C27H26FN5O/c1-32-18-21(16-30-32)25-15-26-22(4-3-11-29-26)24(31-25)7-5-19-9-12-33(13-10-19)17-20-6-8-27(34-2)23(28)14-20/h3-4,6,8,11,14-16,18-19H,9-10,12-13,17H2,1-2H3. The number of aromatic nitrogens is 4. The van der Waals surface area contributed by atoms with Crippen LogP contribution < -0.4 is 4.74 Å². The number of piperidine rings is 1. The second kappa shape index (κ2) is 9.62. The Morgan fingerprint density at radius 3 is 2.76 bits per heavy atom. The molecule has 0 amide bonds. The average molecular weight is 456 g/mol. The van der Waals surface area contributed by atoms with Crippen LogP contribution >= 0.6 is 0 Å². The van der Waals surface area contributed by atoms with Crippen LogP contribution in [0.1, 0.15) is 24.1 Å². The summed E-state index contributed by atoms with van der Waals surface area (Å²) in [5.41, 5.74) is 4.35. The van der Waals surface area contributed by atoms with Crippen molar-refractivity contribution in [3.8, 4) is 28.8 Å². The van der Waals surface area contributed by atoms with Gasteiger partial charge in [0.05, 0.1) is 24.5 Å². The lowest BCUT2D eigenvalue weighted by molar-refractivity contribution is 0.198. The van der Waals surface area contributed by atoms with Crippen molar-refractivity contribution in [3.63, 3.8) is 0 Å². The van der Waals surface area contributed by atoms with Crippen molar-refractivity contribution >= 4 is 10.9 Å². The van der Waals surface area contributed by atoms with E-state index in [1.807, 2.05) is 37.5 Å². The first-order chi connectivity index (χ1) is 16.6. The molecule has 0 radical (unpaired) electrons. The van der Waals surface area contributed by atoms with Gasteiger partial charge in [-0.2, -0.15) is 5.10 Å². The van der Waals surface area contributed by atoms with Gasteiger partial charge in [0.2, 0.25) is 0 Å². The van der Waals surface area contributed by atoms with Crippen molar-refractivity contribution in [1.29, 1.82) is 0 Å². The first-order valence-electron chi connectivity index (χ1n) is 11.4. The lowest BCUT2D eigenvalue weighted by atomic mass is 9.96. The lowest BCUT2D eigenvalue weighted by Crippen LogP contribution is -2.32. The summed E-state index contributed by atoms with van der Waals surface area (Å²) >= 11 is 0. The summed E-state index contributed by atoms with van der Waals surface area (Å²) in [6, 6.07) is 11.1. The number of nitrogens with zero attached hydrogens (tertiary/aromatic N) is 5. The molecule has 3 aromatic heterocycles. The molecular formula is C27H26FN5O. The molecule has 0 saturated carbocycles. The molecule has 0 aliphatic carbocycles. The zero-order valence-corrected chi connectivity index (χ0v) is 19.3. The quantitative estimate of drug-likeness (QED) is 0.426. The second-order valence-electron chi connectivity index (χ2n) is 8.62. The van der Waals surface area contributed by atoms with Crippen LogP contribution in [0.15, 0.2) is 55.0 Å². The van der Waals surface area contributed by atoms with Crippen molar-refractivity contribution in [2.24, 2.45) is 13.0 Å². The summed E-state index contributed by atoms with van der Waals surface area (Å²) in [5.74, 6) is 7.08. The number of rotatable bonds is 4. The monoisotopic (exact) mass is 455 g/mol. The van der Waals surface area contributed by atoms with E-state index in [1.54, 1.807) is 29.2 Å². The highest BCUT2D eigenvalue weighted by Crippen LogP contribution is 2.24. The molecule has 5 rings (SSSR count). The Labute approximate surface area is 198 Å². The van der Waals surface area contributed by atoms with Gasteiger partial charge in [-0.1, -0.05) is 12.0 Å². The first kappa shape index (κ1) is 22.1. The molecule has 1 saturated heterocycles. The van der Waals surface area contributed by atoms with E-state index in [1.165, 1.54) is 7.11 Å². The molecule has 1 fully saturated rings. The predicted octanol–water partition coefficient (Wildman–Crippen LogP) is 4.44. The van der Waals surface area contributed by atoms with Gasteiger partial charge in [-0.05, 0) is 67.7 Å². The fourth-order valence-corrected chi connectivity index (χ4v) is 4.34. The van der Waals surface area contributed by atoms with Crippen molar-refractivity contribution < 1.29 is 9.13 Å². The number of pyridine rings is 2. The van der Waals surface area contributed by atoms with E-state index in [4.69, 9.17) is 9.72 Å². The highest BCUT2D eigenvalue weighted by atomic mass is 19.1. The van der Waals surface area contributed by atoms with Gasteiger partial charge < -0.3 is 4.74 Å². The van der Waals surface area contributed by atoms with Gasteiger partial charge in [-0.3, -0.25) is 14.6 Å². The fraction of sp³-hybridized carbons (Fsp3) is 0.296. The number of ether oxygens (including phenoxy) is 1. The van der Waals surface area contributed by atoms with Gasteiger partial charge in [0.15, 0.2) is 11.6 Å². The molecule has 0 atom stereocenters. The van der Waals surface area contributed by atoms with E-state index in [0.29, 0.717) is 5.92 Å². The van der Waals surface area contributed by atoms with E-state index in [9.17, 15) is 4.39 Å². The molecule has 4 aromatic rings. The van der Waals surface area contributed by atoms with Crippen LogP contribution in [0, 0.1) is 23.6 Å². The van der Waals surface area contributed by atoms with Gasteiger partial charge in [0, 0.05) is 42.9 Å². The topological polar surface area (TPSA) is 56.1 Å². The minimum absolute atomic E-state index is 0.279. The molecule has 0 bridgehead atoms. The van der Waals surface area contributed by atoms with E-state index >= 15 is 0 Å². The van der Waals surface area contributed by atoms with Crippen LogP contribution in [-0.2, 0) is 13.6 Å². The Kier molecular flexibility index (Phi) is 6.24. The van der Waals surface area contributed by atoms with E-state index in [-0.39, 0.29) is 11.6 Å². The van der Waals surface area contributed by atoms with E-state index < -0.39 is 0 Å². The smallest absolute Gasteiger partial charge is 0.165 e. The Morgan fingerprint density at radius 2 is 2.03 bits per heavy atom. The second-order valence-corrected chi connectivity index (χ2v) is 8.62. The third-order valence-corrected chi connectivity index (χ3v) is 6.20. The zero-order valence-electron chi connectivity index (χ0n) is 19.3. The van der Waals surface area contributed by atoms with Gasteiger partial charge in [0.25, 0.3) is 0 Å². The van der Waals surface area contributed by atoms with Gasteiger partial charge in [-0.15, -0.1) is 0 Å². The maximum absolute atomic E-state index is 14.0. The van der Waals surface area contributed by atoms with Crippen LogP contribution in [0.25, 0.3) is 22.2 Å². The normalized spacial score (nSPS) is 14.7. The SMILES string of the molecule is COc1ccc(CN2CCC(C#Cc3nc(-c4cnn(C)c4)cc4ncccc34)CC2)cc1F. The highest BCUT2D eigenvalue weighted by Gasteiger charge is 2.18. The van der Waals surface area contributed by atoms with Gasteiger partial charge >= 0.3 is 0 Å². The van der Waals surface area contributed by atoms with Gasteiger partial charge in [0.1, 0.15) is 5.69 Å². The number of aryl methyl sites for hydroxylation is 1. The summed E-state index contributed by atoms with van der Waals surface area (Å²) in [5, 5.41) is 5.22. The maximum Gasteiger partial charge on any atom is 0.165 e. The fourth-order valence-electron chi connectivity index (χ4n) is 4.34. The Bertz CT molecular complexity index is 1380. The number of benzene rings is 1. The molecule has 34 heavy (non-hydrogen) atoms. The lowest BCUT2D eigenvalue weighted by Gasteiger charge is -2.29. The Hall–Kier alpha value is -3.76. The van der Waals surface area contributed by atoms with Crippen molar-refractivity contribution in [3.05, 3.63) is 72.1 Å². The summed E-state index contributed by atoms with van der Waals surface area (Å²) in [6.45, 7) is 2.59. The minimum Gasteiger partial charge on any atom is -0.494 e. The number of methoxy groups -OCH3 is 1. The number of fused-ring (bicyclic) bond motifs is 1. The largest absolute Gasteiger partial charge is 0.494 e. The van der Waals surface area contributed by atoms with Crippen LogP contribution in [-0.4, -0.2) is 44.8 Å². The summed E-state index contributed by atoms with van der Waals surface area (Å²) < 4.78 is 20.8. The van der Waals surface area contributed by atoms with E-state index in [2.05, 4.69) is 26.8 Å². The summed E-state index contributed by atoms with van der Waals surface area (Å²) in [7, 11) is 3.37. The first-order valence-corrected chi connectivity index (χ1v) is 11.4. The summed E-state index contributed by atoms with van der Waals surface area (Å²) in [4.78, 5) is 11.7. The van der Waals surface area contributed by atoms with Crippen molar-refractivity contribution in [1.82, 2.24) is 24.6 Å². The minimum atomic E-state index is -0.316. The Balaban J connectivity index is 1.30. The predicted molar refractivity (Wildman–Crippen MR) is 130 cm³/mol. The molecule has 7 heteroatoms. The van der Waals surface area contributed by atoms with Crippen LogP contribution in [0.5, 0.6) is 5.75 Å². The van der Waals surface area contributed by atoms with Crippen LogP contribution in [0.4, 0.5) is 4.39 Å². The molecule has 4 heterocycles. The highest BCUT2D eigenvalue weighted by molar-refractivity contribution is 5.86. The van der Waals surface area contributed by atoms with E-state index in [0.717, 1.165) is 65.9 Å². The average Bonchev–Trinajstić information content (AvgIpc) is 3.30. The molecule has 0 N–H and O–H groups in total. The molecule has 172 valence electrons. The van der Waals surface area contributed by atoms with Crippen LogP contribution in [0.3, 0.4) is 0 Å². The van der Waals surface area contributed by atoms with Crippen molar-refractivity contribution in [2.75, 3.05) is 20.2 Å². The molecule has 1 aliphatic rings. The third-order valence-electron chi connectivity index (χ3n) is 6.20. The third kappa shape index (κ3) is 4.78. The molecular weight excluding hydrogens is 429 g/mol. The Morgan fingerprint density at radius 1 is 1.18 bits per heavy atom. The van der Waals surface area contributed by atoms with Gasteiger partial charge in [-0.25, -0.2) is 9.37 Å². The number of halogens is 1. The number of hydrogen-bond donors (Lipinski definition) is 0. The molecule has 1 aliphatic heterocycles. The zero-order chi connectivity index (χ0) is 23.5. The molecule has 1 aromatic carbocycles. The number of likely N-dealkylation sites (tertiary alicyclic amines) is 1. The van der Waals surface area contributed by atoms with Crippen molar-refractivity contribution in [2.45, 2.75) is 19.4 Å². The maximum atomic E-state index is 14.0.